The Balaban J connectivity index is 2.31. The molecule has 358 valence electrons. The monoisotopic (exact) mass is 881 g/mol. The lowest BCUT2D eigenvalue weighted by Crippen LogP contribution is -2.59. The number of carbonyl (C=O) groups is 1. The van der Waals surface area contributed by atoms with E-state index in [0.29, 0.717) is 13.0 Å². The molecule has 6 atom stereocenters. The zero-order valence-electron chi connectivity index (χ0n) is 39.3. The summed E-state index contributed by atoms with van der Waals surface area (Å²) < 4.78 is 22.8. The second kappa shape index (κ2) is 44.1. The first-order chi connectivity index (χ1) is 30.9. The first-order valence-corrected chi connectivity index (χ1v) is 24.5. The number of esters is 1. The smallest absolute Gasteiger partial charge is 0.306 e. The summed E-state index contributed by atoms with van der Waals surface area (Å²) in [6.45, 7) is 4.31. The Morgan fingerprint density at radius 1 is 0.524 bits per heavy atom. The SMILES string of the molecule is CC/C=C\C/C=C\C/C=C\C/C=C\C/C=C\C/C=C\C/C=C\CCCC(=O)OC(COCCCCCCCC/C=C\C/C=C\CCCCCC)COC1OC(CO)C(O)C(O)C1O. The van der Waals surface area contributed by atoms with Crippen molar-refractivity contribution in [2.45, 2.75) is 198 Å². The number of rotatable bonds is 40. The van der Waals surface area contributed by atoms with Crippen LogP contribution in [0.3, 0.4) is 0 Å². The van der Waals surface area contributed by atoms with Crippen LogP contribution < -0.4 is 0 Å². The fourth-order valence-electron chi connectivity index (χ4n) is 6.63. The minimum absolute atomic E-state index is 0.107. The van der Waals surface area contributed by atoms with E-state index < -0.39 is 43.4 Å². The predicted octanol–water partition coefficient (Wildman–Crippen LogP) is 11.7. The molecule has 0 radical (unpaired) electrons. The summed E-state index contributed by atoms with van der Waals surface area (Å²) >= 11 is 0. The molecule has 1 aliphatic rings. The molecule has 9 heteroatoms. The standard InChI is InChI=1S/C54H88O9/c1-3-5-7-9-11-13-15-17-19-21-22-23-24-25-26-27-29-31-33-35-37-39-41-43-50(56)62-48(47-61-54-53(59)52(58)51(57)49(45-55)63-54)46-60-44-42-40-38-36-34-32-30-28-20-18-16-14-12-10-8-6-4-2/h5,7,11,13-14,16-17,19-20,22-23,25-26,28-29,31,35,37,48-49,51-55,57-59H,3-4,6,8-10,12,15,18,21,24,27,30,32-34,36,38-47H2,1-2H3/b7-5-,13-11-,16-14-,19-17-,23-22-,26-25-,28-20-,31-29-,37-35-. The second-order valence-electron chi connectivity index (χ2n) is 16.2. The highest BCUT2D eigenvalue weighted by Gasteiger charge is 2.44. The molecule has 1 rings (SSSR count). The van der Waals surface area contributed by atoms with Crippen LogP contribution in [0.25, 0.3) is 0 Å². The van der Waals surface area contributed by atoms with Crippen molar-refractivity contribution in [1.82, 2.24) is 0 Å². The summed E-state index contributed by atoms with van der Waals surface area (Å²) in [6.07, 6.45) is 55.5. The third-order valence-electron chi connectivity index (χ3n) is 10.4. The first-order valence-electron chi connectivity index (χ1n) is 24.5. The van der Waals surface area contributed by atoms with Gasteiger partial charge in [-0.15, -0.1) is 0 Å². The second-order valence-corrected chi connectivity index (χ2v) is 16.2. The predicted molar refractivity (Wildman–Crippen MR) is 260 cm³/mol. The van der Waals surface area contributed by atoms with Crippen molar-refractivity contribution in [3.63, 3.8) is 0 Å². The Kier molecular flexibility index (Phi) is 40.5. The van der Waals surface area contributed by atoms with E-state index >= 15 is 0 Å². The van der Waals surface area contributed by atoms with Gasteiger partial charge in [-0.3, -0.25) is 4.79 Å². The van der Waals surface area contributed by atoms with Crippen molar-refractivity contribution in [2.24, 2.45) is 0 Å². The van der Waals surface area contributed by atoms with Gasteiger partial charge in [0.05, 0.1) is 19.8 Å². The Morgan fingerprint density at radius 3 is 1.46 bits per heavy atom. The quantitative estimate of drug-likeness (QED) is 0.0269. The van der Waals surface area contributed by atoms with E-state index in [0.717, 1.165) is 83.5 Å². The Morgan fingerprint density at radius 2 is 0.968 bits per heavy atom. The van der Waals surface area contributed by atoms with E-state index in [1.54, 1.807) is 0 Å². The van der Waals surface area contributed by atoms with Crippen LogP contribution in [0.2, 0.25) is 0 Å². The fraction of sp³-hybridized carbons (Fsp3) is 0.648. The maximum Gasteiger partial charge on any atom is 0.306 e. The Labute approximate surface area is 383 Å². The van der Waals surface area contributed by atoms with Gasteiger partial charge in [0.25, 0.3) is 0 Å². The van der Waals surface area contributed by atoms with Gasteiger partial charge in [0, 0.05) is 13.0 Å². The Hall–Kier alpha value is -3.15. The van der Waals surface area contributed by atoms with Crippen LogP contribution in [-0.4, -0.2) is 89.6 Å². The van der Waals surface area contributed by atoms with Gasteiger partial charge < -0.3 is 39.4 Å². The third kappa shape index (κ3) is 34.9. The van der Waals surface area contributed by atoms with Crippen LogP contribution in [0.1, 0.15) is 162 Å². The van der Waals surface area contributed by atoms with Crippen molar-refractivity contribution in [3.05, 3.63) is 109 Å². The van der Waals surface area contributed by atoms with Crippen LogP contribution >= 0.6 is 0 Å². The molecular weight excluding hydrogens is 793 g/mol. The topological polar surface area (TPSA) is 135 Å². The number of unbranched alkanes of at least 4 members (excludes halogenated alkanes) is 11. The summed E-state index contributed by atoms with van der Waals surface area (Å²) in [5, 5.41) is 40.2. The van der Waals surface area contributed by atoms with Crippen molar-refractivity contribution in [3.8, 4) is 0 Å². The molecule has 1 aliphatic heterocycles. The van der Waals surface area contributed by atoms with Crippen molar-refractivity contribution in [1.29, 1.82) is 0 Å². The summed E-state index contributed by atoms with van der Waals surface area (Å²) in [7, 11) is 0. The molecule has 0 saturated carbocycles. The third-order valence-corrected chi connectivity index (χ3v) is 10.4. The molecule has 0 aromatic rings. The number of carbonyl (C=O) groups excluding carboxylic acids is 1. The van der Waals surface area contributed by atoms with Gasteiger partial charge in [-0.05, 0) is 96.3 Å². The highest BCUT2D eigenvalue weighted by atomic mass is 16.7. The van der Waals surface area contributed by atoms with E-state index in [2.05, 4.69) is 123 Å². The fourth-order valence-corrected chi connectivity index (χ4v) is 6.63. The number of aliphatic hydroxyl groups is 4. The molecule has 4 N–H and O–H groups in total. The van der Waals surface area contributed by atoms with Gasteiger partial charge in [-0.25, -0.2) is 0 Å². The minimum Gasteiger partial charge on any atom is -0.457 e. The number of ether oxygens (including phenoxy) is 4. The summed E-state index contributed by atoms with van der Waals surface area (Å²) in [6, 6.07) is 0. The van der Waals surface area contributed by atoms with E-state index in [-0.39, 0.29) is 25.6 Å². The van der Waals surface area contributed by atoms with E-state index in [1.165, 1.54) is 51.4 Å². The molecule has 1 heterocycles. The van der Waals surface area contributed by atoms with Crippen molar-refractivity contribution in [2.75, 3.05) is 26.4 Å². The normalized spacial score (nSPS) is 20.6. The molecule has 1 fully saturated rings. The van der Waals surface area contributed by atoms with Gasteiger partial charge in [0.1, 0.15) is 30.5 Å². The van der Waals surface area contributed by atoms with Gasteiger partial charge in [0.15, 0.2) is 6.29 Å². The number of hydrogen-bond donors (Lipinski definition) is 4. The van der Waals surface area contributed by atoms with Gasteiger partial charge >= 0.3 is 5.97 Å². The largest absolute Gasteiger partial charge is 0.457 e. The van der Waals surface area contributed by atoms with Crippen LogP contribution in [-0.2, 0) is 23.7 Å². The van der Waals surface area contributed by atoms with E-state index in [9.17, 15) is 25.2 Å². The lowest BCUT2D eigenvalue weighted by atomic mass is 9.99. The molecule has 0 aliphatic carbocycles. The van der Waals surface area contributed by atoms with Gasteiger partial charge in [-0.2, -0.15) is 0 Å². The number of hydrogen-bond acceptors (Lipinski definition) is 9. The highest BCUT2D eigenvalue weighted by molar-refractivity contribution is 5.69. The number of aliphatic hydroxyl groups excluding tert-OH is 4. The van der Waals surface area contributed by atoms with Crippen molar-refractivity contribution >= 4 is 5.97 Å². The van der Waals surface area contributed by atoms with Gasteiger partial charge in [-0.1, -0.05) is 168 Å². The molecule has 0 amide bonds. The zero-order valence-corrected chi connectivity index (χ0v) is 39.3. The molecule has 0 spiro atoms. The van der Waals surface area contributed by atoms with E-state index in [4.69, 9.17) is 18.9 Å². The maximum atomic E-state index is 12.8. The summed E-state index contributed by atoms with van der Waals surface area (Å²) in [5.41, 5.74) is 0. The Bertz CT molecular complexity index is 1320. The van der Waals surface area contributed by atoms with Crippen LogP contribution in [0, 0.1) is 0 Å². The first kappa shape index (κ1) is 57.9. The zero-order chi connectivity index (χ0) is 45.7. The van der Waals surface area contributed by atoms with Gasteiger partial charge in [0.2, 0.25) is 0 Å². The molecule has 9 nitrogen and oxygen atoms in total. The maximum absolute atomic E-state index is 12.8. The molecule has 0 aromatic carbocycles. The lowest BCUT2D eigenvalue weighted by Gasteiger charge is -2.39. The molecule has 0 bridgehead atoms. The average Bonchev–Trinajstić information content (AvgIpc) is 3.28. The molecule has 0 aromatic heterocycles. The minimum atomic E-state index is -1.56. The molecule has 63 heavy (non-hydrogen) atoms. The summed E-state index contributed by atoms with van der Waals surface area (Å²) in [4.78, 5) is 12.8. The highest BCUT2D eigenvalue weighted by Crippen LogP contribution is 2.22. The average molecular weight is 881 g/mol. The number of allylic oxidation sites excluding steroid dienone is 18. The summed E-state index contributed by atoms with van der Waals surface area (Å²) in [5.74, 6) is -0.379. The molecule has 6 unspecified atom stereocenters. The van der Waals surface area contributed by atoms with Crippen LogP contribution in [0.4, 0.5) is 0 Å². The molecular formula is C54H88O9. The van der Waals surface area contributed by atoms with Crippen LogP contribution in [0.15, 0.2) is 109 Å². The molecule has 1 saturated heterocycles. The lowest BCUT2D eigenvalue weighted by molar-refractivity contribution is -0.305. The van der Waals surface area contributed by atoms with E-state index in [1.807, 2.05) is 0 Å². The van der Waals surface area contributed by atoms with Crippen molar-refractivity contribution < 1.29 is 44.2 Å². The van der Waals surface area contributed by atoms with Crippen LogP contribution in [0.5, 0.6) is 0 Å².